The summed E-state index contributed by atoms with van der Waals surface area (Å²) in [5, 5.41) is 3.26. The van der Waals surface area contributed by atoms with E-state index in [1.165, 1.54) is 4.90 Å². The summed E-state index contributed by atoms with van der Waals surface area (Å²) in [6.45, 7) is 4.68. The SMILES string of the molecule is CCC1CN(c2c(F)c(F)cc(F)c2F)C(CC)CN1. The molecule has 0 saturated carbocycles. The summed E-state index contributed by atoms with van der Waals surface area (Å²) in [5.41, 5.74) is -0.589. The normalized spacial score (nSPS) is 23.2. The number of rotatable bonds is 3. The molecule has 20 heavy (non-hydrogen) atoms. The van der Waals surface area contributed by atoms with Crippen molar-refractivity contribution in [1.82, 2.24) is 5.32 Å². The Labute approximate surface area is 115 Å². The largest absolute Gasteiger partial charge is 0.361 e. The highest BCUT2D eigenvalue weighted by molar-refractivity contribution is 5.52. The van der Waals surface area contributed by atoms with Crippen molar-refractivity contribution in [1.29, 1.82) is 0 Å². The molecule has 6 heteroatoms. The smallest absolute Gasteiger partial charge is 0.185 e. The lowest BCUT2D eigenvalue weighted by molar-refractivity contribution is 0.364. The molecule has 1 fully saturated rings. The van der Waals surface area contributed by atoms with E-state index < -0.39 is 29.0 Å². The van der Waals surface area contributed by atoms with Crippen LogP contribution in [0, 0.1) is 23.3 Å². The number of nitrogens with zero attached hydrogens (tertiary/aromatic N) is 1. The third kappa shape index (κ3) is 2.61. The zero-order valence-electron chi connectivity index (χ0n) is 11.5. The molecule has 2 nitrogen and oxygen atoms in total. The first-order valence-electron chi connectivity index (χ1n) is 6.82. The molecule has 2 rings (SSSR count). The van der Waals surface area contributed by atoms with E-state index in [0.717, 1.165) is 6.42 Å². The number of hydrogen-bond donors (Lipinski definition) is 1. The quantitative estimate of drug-likeness (QED) is 0.679. The highest BCUT2D eigenvalue weighted by atomic mass is 19.2. The summed E-state index contributed by atoms with van der Waals surface area (Å²) in [6.07, 6.45) is 1.40. The van der Waals surface area contributed by atoms with Gasteiger partial charge in [-0.05, 0) is 12.8 Å². The molecule has 1 heterocycles. The van der Waals surface area contributed by atoms with Crippen LogP contribution < -0.4 is 10.2 Å². The fraction of sp³-hybridized carbons (Fsp3) is 0.571. The van der Waals surface area contributed by atoms with Crippen molar-refractivity contribution in [3.05, 3.63) is 29.3 Å². The van der Waals surface area contributed by atoms with Gasteiger partial charge in [0.2, 0.25) is 0 Å². The monoisotopic (exact) mass is 290 g/mol. The van der Waals surface area contributed by atoms with Crippen LogP contribution >= 0.6 is 0 Å². The third-order valence-corrected chi connectivity index (χ3v) is 3.84. The third-order valence-electron chi connectivity index (χ3n) is 3.84. The van der Waals surface area contributed by atoms with Crippen molar-refractivity contribution in [3.8, 4) is 0 Å². The molecule has 1 aromatic carbocycles. The molecule has 0 spiro atoms. The zero-order chi connectivity index (χ0) is 14.9. The molecule has 1 N–H and O–H groups in total. The summed E-state index contributed by atoms with van der Waals surface area (Å²) in [4.78, 5) is 1.45. The first-order valence-corrected chi connectivity index (χ1v) is 6.82. The first kappa shape index (κ1) is 15.1. The van der Waals surface area contributed by atoms with Crippen LogP contribution in [0.4, 0.5) is 23.2 Å². The average Bonchev–Trinajstić information content (AvgIpc) is 2.45. The number of nitrogens with one attached hydrogen (secondary N) is 1. The number of benzene rings is 1. The van der Waals surface area contributed by atoms with Crippen LogP contribution in [0.3, 0.4) is 0 Å². The molecule has 112 valence electrons. The molecule has 0 aliphatic carbocycles. The lowest BCUT2D eigenvalue weighted by Crippen LogP contribution is -2.56. The fourth-order valence-corrected chi connectivity index (χ4v) is 2.59. The molecule has 1 aliphatic heterocycles. The van der Waals surface area contributed by atoms with Gasteiger partial charge in [0.25, 0.3) is 0 Å². The second kappa shape index (κ2) is 5.99. The summed E-state index contributed by atoms with van der Waals surface area (Å²) >= 11 is 0. The first-order chi connectivity index (χ1) is 9.49. The maximum atomic E-state index is 13.9. The van der Waals surface area contributed by atoms with E-state index in [-0.39, 0.29) is 18.2 Å². The van der Waals surface area contributed by atoms with Gasteiger partial charge in [-0.2, -0.15) is 0 Å². The number of hydrogen-bond acceptors (Lipinski definition) is 2. The molecule has 0 radical (unpaired) electrons. The van der Waals surface area contributed by atoms with E-state index in [4.69, 9.17) is 0 Å². The molecule has 1 saturated heterocycles. The van der Waals surface area contributed by atoms with Crippen molar-refractivity contribution in [3.63, 3.8) is 0 Å². The van der Waals surface area contributed by atoms with Gasteiger partial charge in [-0.1, -0.05) is 13.8 Å². The van der Waals surface area contributed by atoms with Crippen molar-refractivity contribution < 1.29 is 17.6 Å². The van der Waals surface area contributed by atoms with Gasteiger partial charge in [0, 0.05) is 31.2 Å². The van der Waals surface area contributed by atoms with Crippen LogP contribution in [-0.4, -0.2) is 25.2 Å². The maximum absolute atomic E-state index is 13.9. The van der Waals surface area contributed by atoms with Crippen LogP contribution in [0.1, 0.15) is 26.7 Å². The van der Waals surface area contributed by atoms with Gasteiger partial charge >= 0.3 is 0 Å². The topological polar surface area (TPSA) is 15.3 Å². The Balaban J connectivity index is 2.46. The number of piperazine rings is 1. The van der Waals surface area contributed by atoms with E-state index in [1.54, 1.807) is 0 Å². The van der Waals surface area contributed by atoms with Crippen LogP contribution in [0.15, 0.2) is 6.07 Å². The second-order valence-corrected chi connectivity index (χ2v) is 5.04. The van der Waals surface area contributed by atoms with Gasteiger partial charge in [0.1, 0.15) is 5.69 Å². The van der Waals surface area contributed by atoms with Gasteiger partial charge in [0.15, 0.2) is 23.3 Å². The minimum atomic E-state index is -1.36. The number of anilines is 1. The Kier molecular flexibility index (Phi) is 4.52. The molecule has 1 aliphatic rings. The van der Waals surface area contributed by atoms with Crippen molar-refractivity contribution in [2.24, 2.45) is 0 Å². The Hall–Kier alpha value is -1.30. The fourth-order valence-electron chi connectivity index (χ4n) is 2.59. The molecule has 2 atom stereocenters. The highest BCUT2D eigenvalue weighted by Crippen LogP contribution is 2.31. The second-order valence-electron chi connectivity index (χ2n) is 5.04. The van der Waals surface area contributed by atoms with Crippen molar-refractivity contribution >= 4 is 5.69 Å². The van der Waals surface area contributed by atoms with E-state index in [9.17, 15) is 17.6 Å². The summed E-state index contributed by atoms with van der Waals surface area (Å²) in [7, 11) is 0. The predicted octanol–water partition coefficient (Wildman–Crippen LogP) is 3.21. The Morgan fingerprint density at radius 2 is 1.70 bits per heavy atom. The zero-order valence-corrected chi connectivity index (χ0v) is 11.5. The highest BCUT2D eigenvalue weighted by Gasteiger charge is 2.32. The van der Waals surface area contributed by atoms with Gasteiger partial charge in [0.05, 0.1) is 0 Å². The summed E-state index contributed by atoms with van der Waals surface area (Å²) in [6, 6.07) is 0.0974. The van der Waals surface area contributed by atoms with Crippen LogP contribution in [0.25, 0.3) is 0 Å². The molecule has 1 aromatic rings. The molecule has 0 bridgehead atoms. The summed E-state index contributed by atoms with van der Waals surface area (Å²) in [5.74, 6) is -5.36. The number of halogens is 4. The average molecular weight is 290 g/mol. The Morgan fingerprint density at radius 1 is 1.10 bits per heavy atom. The minimum absolute atomic E-state index is 0.0444. The van der Waals surface area contributed by atoms with Gasteiger partial charge < -0.3 is 10.2 Å². The molecule has 0 amide bonds. The minimum Gasteiger partial charge on any atom is -0.361 e. The van der Waals surface area contributed by atoms with E-state index in [1.807, 2.05) is 13.8 Å². The van der Waals surface area contributed by atoms with Crippen molar-refractivity contribution in [2.75, 3.05) is 18.0 Å². The van der Waals surface area contributed by atoms with Crippen molar-refractivity contribution in [2.45, 2.75) is 38.8 Å². The maximum Gasteiger partial charge on any atom is 0.185 e. The molecular weight excluding hydrogens is 272 g/mol. The van der Waals surface area contributed by atoms with E-state index in [0.29, 0.717) is 19.5 Å². The predicted molar refractivity (Wildman–Crippen MR) is 69.8 cm³/mol. The standard InChI is InChI=1S/C14H18F4N2/c1-3-8-7-20(9(4-2)6-19-8)14-12(17)10(15)5-11(16)13(14)18/h5,8-9,19H,3-4,6-7H2,1-2H3. The Morgan fingerprint density at radius 3 is 2.20 bits per heavy atom. The lowest BCUT2D eigenvalue weighted by Gasteiger charge is -2.41. The van der Waals surface area contributed by atoms with E-state index in [2.05, 4.69) is 5.32 Å². The molecule has 2 unspecified atom stereocenters. The molecule has 0 aromatic heterocycles. The lowest BCUT2D eigenvalue weighted by atomic mass is 10.0. The van der Waals surface area contributed by atoms with Gasteiger partial charge in [-0.25, -0.2) is 17.6 Å². The summed E-state index contributed by atoms with van der Waals surface area (Å²) < 4.78 is 54.6. The van der Waals surface area contributed by atoms with Crippen LogP contribution in [-0.2, 0) is 0 Å². The molecular formula is C14H18F4N2. The van der Waals surface area contributed by atoms with Gasteiger partial charge in [-0.15, -0.1) is 0 Å². The van der Waals surface area contributed by atoms with Crippen LogP contribution in [0.5, 0.6) is 0 Å². The Bertz CT molecular complexity index is 466. The van der Waals surface area contributed by atoms with Crippen LogP contribution in [0.2, 0.25) is 0 Å². The van der Waals surface area contributed by atoms with E-state index >= 15 is 0 Å². The van der Waals surface area contributed by atoms with Gasteiger partial charge in [-0.3, -0.25) is 0 Å².